The van der Waals surface area contributed by atoms with Gasteiger partial charge in [0.25, 0.3) is 0 Å². The van der Waals surface area contributed by atoms with Crippen LogP contribution in [0.25, 0.3) is 0 Å². The molecule has 0 aliphatic rings. The van der Waals surface area contributed by atoms with Crippen LogP contribution in [0.15, 0.2) is 6.20 Å². The molecular weight excluding hydrogens is 287 g/mol. The molecule has 0 fully saturated rings. The highest BCUT2D eigenvalue weighted by atomic mass is 19.4. The average molecular weight is 309 g/mol. The van der Waals surface area contributed by atoms with E-state index in [4.69, 9.17) is 4.74 Å². The number of imidazole rings is 1. The summed E-state index contributed by atoms with van der Waals surface area (Å²) in [4.78, 5) is 4.29. The molecule has 122 valence electrons. The van der Waals surface area contributed by atoms with Crippen molar-refractivity contribution in [1.82, 2.24) is 9.55 Å². The second kappa shape index (κ2) is 8.89. The number of ether oxygens (including phenoxy) is 2. The van der Waals surface area contributed by atoms with E-state index in [9.17, 15) is 13.2 Å². The SMILES string of the molecule is CCOCCCNc1nc(C)cn1CCOCC(F)(F)F. The molecule has 0 aliphatic heterocycles. The van der Waals surface area contributed by atoms with Crippen molar-refractivity contribution < 1.29 is 22.6 Å². The monoisotopic (exact) mass is 309 g/mol. The second-order valence-corrected chi connectivity index (χ2v) is 4.54. The van der Waals surface area contributed by atoms with Gasteiger partial charge >= 0.3 is 6.18 Å². The minimum absolute atomic E-state index is 0.0110. The molecule has 1 N–H and O–H groups in total. The predicted molar refractivity (Wildman–Crippen MR) is 73.4 cm³/mol. The highest BCUT2D eigenvalue weighted by molar-refractivity contribution is 5.28. The molecule has 0 aliphatic carbocycles. The summed E-state index contributed by atoms with van der Waals surface area (Å²) in [6.45, 7) is 4.90. The van der Waals surface area contributed by atoms with E-state index in [0.717, 1.165) is 12.1 Å². The summed E-state index contributed by atoms with van der Waals surface area (Å²) in [7, 11) is 0. The molecule has 1 heterocycles. The Morgan fingerprint density at radius 3 is 2.71 bits per heavy atom. The lowest BCUT2D eigenvalue weighted by atomic mass is 10.4. The Morgan fingerprint density at radius 1 is 1.29 bits per heavy atom. The zero-order chi connectivity index (χ0) is 15.7. The maximum absolute atomic E-state index is 12.0. The molecular formula is C13H22F3N3O2. The van der Waals surface area contributed by atoms with Crippen LogP contribution >= 0.6 is 0 Å². The maximum Gasteiger partial charge on any atom is 0.411 e. The van der Waals surface area contributed by atoms with Gasteiger partial charge in [0.15, 0.2) is 0 Å². The van der Waals surface area contributed by atoms with Gasteiger partial charge in [0.2, 0.25) is 5.95 Å². The molecule has 0 aromatic carbocycles. The quantitative estimate of drug-likeness (QED) is 0.675. The van der Waals surface area contributed by atoms with Crippen LogP contribution in [0.5, 0.6) is 0 Å². The van der Waals surface area contributed by atoms with Gasteiger partial charge in [0.05, 0.1) is 12.3 Å². The minimum Gasteiger partial charge on any atom is -0.382 e. The fraction of sp³-hybridized carbons (Fsp3) is 0.769. The van der Waals surface area contributed by atoms with Crippen molar-refractivity contribution >= 4 is 5.95 Å². The number of hydrogen-bond donors (Lipinski definition) is 1. The lowest BCUT2D eigenvalue weighted by molar-refractivity contribution is -0.174. The molecule has 0 unspecified atom stereocenters. The Bertz CT molecular complexity index is 408. The van der Waals surface area contributed by atoms with E-state index in [-0.39, 0.29) is 6.61 Å². The first-order valence-corrected chi connectivity index (χ1v) is 6.92. The Balaban J connectivity index is 2.33. The Labute approximate surface area is 122 Å². The van der Waals surface area contributed by atoms with Gasteiger partial charge in [0, 0.05) is 32.5 Å². The molecule has 1 rings (SSSR count). The predicted octanol–water partition coefficient (Wildman–Crippen LogP) is 2.61. The normalized spacial score (nSPS) is 11.9. The van der Waals surface area contributed by atoms with E-state index >= 15 is 0 Å². The summed E-state index contributed by atoms with van der Waals surface area (Å²) in [6, 6.07) is 0. The lowest BCUT2D eigenvalue weighted by Gasteiger charge is -2.11. The van der Waals surface area contributed by atoms with Crippen LogP contribution in [0.3, 0.4) is 0 Å². The number of nitrogens with one attached hydrogen (secondary N) is 1. The van der Waals surface area contributed by atoms with Crippen molar-refractivity contribution in [2.75, 3.05) is 38.3 Å². The molecule has 1 aromatic heterocycles. The Morgan fingerprint density at radius 2 is 2.05 bits per heavy atom. The highest BCUT2D eigenvalue weighted by Crippen LogP contribution is 2.14. The smallest absolute Gasteiger partial charge is 0.382 e. The van der Waals surface area contributed by atoms with Crippen molar-refractivity contribution in [2.24, 2.45) is 0 Å². The van der Waals surface area contributed by atoms with Crippen LogP contribution in [0.4, 0.5) is 19.1 Å². The number of halogens is 3. The molecule has 0 spiro atoms. The van der Waals surface area contributed by atoms with E-state index in [2.05, 4.69) is 15.0 Å². The van der Waals surface area contributed by atoms with Gasteiger partial charge in [-0.25, -0.2) is 4.98 Å². The van der Waals surface area contributed by atoms with Crippen LogP contribution < -0.4 is 5.32 Å². The van der Waals surface area contributed by atoms with E-state index < -0.39 is 12.8 Å². The topological polar surface area (TPSA) is 48.3 Å². The number of alkyl halides is 3. The van der Waals surface area contributed by atoms with Crippen molar-refractivity contribution in [3.8, 4) is 0 Å². The number of nitrogens with zero attached hydrogens (tertiary/aromatic N) is 2. The number of anilines is 1. The van der Waals surface area contributed by atoms with Gasteiger partial charge in [-0.2, -0.15) is 13.2 Å². The molecule has 0 saturated heterocycles. The van der Waals surface area contributed by atoms with Crippen LogP contribution in [-0.4, -0.2) is 48.7 Å². The summed E-state index contributed by atoms with van der Waals surface area (Å²) in [6.07, 6.45) is -1.67. The Kier molecular flexibility index (Phi) is 7.52. The van der Waals surface area contributed by atoms with Gasteiger partial charge in [-0.05, 0) is 20.3 Å². The molecule has 0 amide bonds. The lowest BCUT2D eigenvalue weighted by Crippen LogP contribution is -2.19. The maximum atomic E-state index is 12.0. The summed E-state index contributed by atoms with van der Waals surface area (Å²) < 4.78 is 47.5. The Hall–Kier alpha value is -1.28. The largest absolute Gasteiger partial charge is 0.411 e. The fourth-order valence-corrected chi connectivity index (χ4v) is 1.73. The summed E-state index contributed by atoms with van der Waals surface area (Å²) in [5.41, 5.74) is 0.804. The van der Waals surface area contributed by atoms with Crippen molar-refractivity contribution in [3.63, 3.8) is 0 Å². The van der Waals surface area contributed by atoms with Crippen molar-refractivity contribution in [1.29, 1.82) is 0 Å². The average Bonchev–Trinajstić information content (AvgIpc) is 2.74. The first kappa shape index (κ1) is 17.8. The molecule has 21 heavy (non-hydrogen) atoms. The number of aryl methyl sites for hydroxylation is 1. The third-order valence-electron chi connectivity index (χ3n) is 2.59. The third kappa shape index (κ3) is 7.91. The van der Waals surface area contributed by atoms with Crippen LogP contribution in [0.1, 0.15) is 19.0 Å². The van der Waals surface area contributed by atoms with E-state index in [1.54, 1.807) is 10.8 Å². The molecule has 0 atom stereocenters. The molecule has 1 aromatic rings. The minimum atomic E-state index is -4.29. The van der Waals surface area contributed by atoms with Crippen LogP contribution in [-0.2, 0) is 16.0 Å². The van der Waals surface area contributed by atoms with Crippen molar-refractivity contribution in [3.05, 3.63) is 11.9 Å². The number of hydrogen-bond acceptors (Lipinski definition) is 4. The molecule has 0 saturated carbocycles. The van der Waals surface area contributed by atoms with E-state index in [1.807, 2.05) is 13.8 Å². The summed E-state index contributed by atoms with van der Waals surface area (Å²) in [5, 5.41) is 3.14. The molecule has 0 radical (unpaired) electrons. The zero-order valence-electron chi connectivity index (χ0n) is 12.4. The van der Waals surface area contributed by atoms with Gasteiger partial charge < -0.3 is 19.4 Å². The van der Waals surface area contributed by atoms with Gasteiger partial charge in [-0.3, -0.25) is 0 Å². The van der Waals surface area contributed by atoms with Crippen LogP contribution in [0, 0.1) is 6.92 Å². The van der Waals surface area contributed by atoms with Crippen molar-refractivity contribution in [2.45, 2.75) is 33.0 Å². The van der Waals surface area contributed by atoms with Gasteiger partial charge in [-0.1, -0.05) is 0 Å². The number of rotatable bonds is 10. The second-order valence-electron chi connectivity index (χ2n) is 4.54. The van der Waals surface area contributed by atoms with Gasteiger partial charge in [0.1, 0.15) is 6.61 Å². The first-order valence-electron chi connectivity index (χ1n) is 6.92. The molecule has 5 nitrogen and oxygen atoms in total. The summed E-state index contributed by atoms with van der Waals surface area (Å²) >= 11 is 0. The van der Waals surface area contributed by atoms with Crippen LogP contribution in [0.2, 0.25) is 0 Å². The highest BCUT2D eigenvalue weighted by Gasteiger charge is 2.27. The van der Waals surface area contributed by atoms with E-state index in [1.165, 1.54) is 0 Å². The molecule has 8 heteroatoms. The third-order valence-corrected chi connectivity index (χ3v) is 2.59. The van der Waals surface area contributed by atoms with E-state index in [0.29, 0.717) is 32.3 Å². The zero-order valence-corrected chi connectivity index (χ0v) is 12.4. The fourth-order valence-electron chi connectivity index (χ4n) is 1.73. The summed E-state index contributed by atoms with van der Waals surface area (Å²) in [5.74, 6) is 0.639. The number of aromatic nitrogens is 2. The first-order chi connectivity index (χ1) is 9.92. The standard InChI is InChI=1S/C13H22F3N3O2/c1-3-20-7-4-5-17-12-18-11(2)9-19(12)6-8-21-10-13(14,15)16/h9H,3-8,10H2,1-2H3,(H,17,18). The molecule has 0 bridgehead atoms. The van der Waals surface area contributed by atoms with Gasteiger partial charge in [-0.15, -0.1) is 0 Å².